The van der Waals surface area contributed by atoms with E-state index in [2.05, 4.69) is 10.5 Å². The molecule has 2 aromatic rings. The fourth-order valence-electron chi connectivity index (χ4n) is 1.80. The van der Waals surface area contributed by atoms with Gasteiger partial charge in [-0.15, -0.1) is 0 Å². The summed E-state index contributed by atoms with van der Waals surface area (Å²) in [6, 6.07) is 9.67. The summed E-state index contributed by atoms with van der Waals surface area (Å²) in [6.45, 7) is 0. The summed E-state index contributed by atoms with van der Waals surface area (Å²) >= 11 is 5.87. The summed E-state index contributed by atoms with van der Waals surface area (Å²) < 4.78 is 10.0. The molecule has 0 radical (unpaired) electrons. The Morgan fingerprint density at radius 1 is 1.22 bits per heavy atom. The highest BCUT2D eigenvalue weighted by Crippen LogP contribution is 2.34. The molecular formula is C16H15ClN2O4. The Kier molecular flexibility index (Phi) is 5.43. The zero-order chi connectivity index (χ0) is 16.8. The van der Waals surface area contributed by atoms with Gasteiger partial charge in [-0.25, -0.2) is 5.43 Å². The summed E-state index contributed by atoms with van der Waals surface area (Å²) in [5.41, 5.74) is 3.42. The van der Waals surface area contributed by atoms with E-state index in [1.165, 1.54) is 19.4 Å². The number of amides is 1. The first-order valence-corrected chi connectivity index (χ1v) is 6.97. The predicted octanol–water partition coefficient (Wildman–Crippen LogP) is 2.83. The fourth-order valence-corrected chi connectivity index (χ4v) is 2.02. The number of halogens is 1. The Morgan fingerprint density at radius 3 is 2.52 bits per heavy atom. The molecule has 7 heteroatoms. The van der Waals surface area contributed by atoms with E-state index in [-0.39, 0.29) is 22.4 Å². The average Bonchev–Trinajstić information content (AvgIpc) is 2.57. The number of rotatable bonds is 5. The summed E-state index contributed by atoms with van der Waals surface area (Å²) in [7, 11) is 2.97. The van der Waals surface area contributed by atoms with E-state index in [4.69, 9.17) is 21.1 Å². The molecule has 0 saturated heterocycles. The lowest BCUT2D eigenvalue weighted by Crippen LogP contribution is -2.17. The van der Waals surface area contributed by atoms with Crippen LogP contribution in [0.2, 0.25) is 5.02 Å². The number of phenols is 1. The van der Waals surface area contributed by atoms with E-state index >= 15 is 0 Å². The third-order valence-corrected chi connectivity index (χ3v) is 3.29. The Hall–Kier alpha value is -2.73. The van der Waals surface area contributed by atoms with Crippen molar-refractivity contribution in [3.8, 4) is 17.2 Å². The van der Waals surface area contributed by atoms with Gasteiger partial charge in [-0.3, -0.25) is 4.79 Å². The zero-order valence-corrected chi connectivity index (χ0v) is 13.3. The molecule has 2 aromatic carbocycles. The van der Waals surface area contributed by atoms with Crippen LogP contribution in [-0.4, -0.2) is 31.4 Å². The Labute approximate surface area is 138 Å². The second-order valence-electron chi connectivity index (χ2n) is 4.48. The highest BCUT2D eigenvalue weighted by atomic mass is 35.5. The first kappa shape index (κ1) is 16.6. The number of carbonyl (C=O) groups is 1. The average molecular weight is 335 g/mol. The van der Waals surface area contributed by atoms with Crippen molar-refractivity contribution in [2.24, 2.45) is 5.10 Å². The first-order valence-electron chi connectivity index (χ1n) is 6.59. The smallest absolute Gasteiger partial charge is 0.271 e. The van der Waals surface area contributed by atoms with Crippen LogP contribution in [0.3, 0.4) is 0 Å². The molecule has 0 aliphatic carbocycles. The SMILES string of the molecule is COc1ccc(C(=O)N/N=C/c2cc(Cl)c(O)c(OC)c2)cc1. The molecule has 0 fully saturated rings. The van der Waals surface area contributed by atoms with Crippen LogP contribution < -0.4 is 14.9 Å². The normalized spacial score (nSPS) is 10.6. The van der Waals surface area contributed by atoms with E-state index < -0.39 is 0 Å². The molecule has 0 aliphatic rings. The molecule has 0 unspecified atom stereocenters. The van der Waals surface area contributed by atoms with Crippen LogP contribution in [-0.2, 0) is 0 Å². The van der Waals surface area contributed by atoms with Gasteiger partial charge in [0.1, 0.15) is 5.75 Å². The second kappa shape index (κ2) is 7.51. The van der Waals surface area contributed by atoms with Crippen molar-refractivity contribution in [1.29, 1.82) is 0 Å². The van der Waals surface area contributed by atoms with Crippen molar-refractivity contribution in [2.75, 3.05) is 14.2 Å². The van der Waals surface area contributed by atoms with Crippen LogP contribution in [0.25, 0.3) is 0 Å². The number of methoxy groups -OCH3 is 2. The van der Waals surface area contributed by atoms with Crippen molar-refractivity contribution in [2.45, 2.75) is 0 Å². The van der Waals surface area contributed by atoms with E-state index in [1.807, 2.05) is 0 Å². The summed E-state index contributed by atoms with van der Waals surface area (Å²) in [5, 5.41) is 13.6. The van der Waals surface area contributed by atoms with Gasteiger partial charge in [-0.1, -0.05) is 11.6 Å². The monoisotopic (exact) mass is 334 g/mol. The lowest BCUT2D eigenvalue weighted by Gasteiger charge is -2.06. The number of hydrogen-bond acceptors (Lipinski definition) is 5. The molecule has 2 rings (SSSR count). The number of ether oxygens (including phenoxy) is 2. The number of aromatic hydroxyl groups is 1. The van der Waals surface area contributed by atoms with Gasteiger partial charge in [0, 0.05) is 5.56 Å². The molecule has 120 valence electrons. The van der Waals surface area contributed by atoms with Crippen LogP contribution in [0.1, 0.15) is 15.9 Å². The van der Waals surface area contributed by atoms with Gasteiger partial charge in [0.25, 0.3) is 5.91 Å². The zero-order valence-electron chi connectivity index (χ0n) is 12.5. The third kappa shape index (κ3) is 4.14. The largest absolute Gasteiger partial charge is 0.503 e. The van der Waals surface area contributed by atoms with Crippen LogP contribution >= 0.6 is 11.6 Å². The number of nitrogens with zero attached hydrogens (tertiary/aromatic N) is 1. The van der Waals surface area contributed by atoms with E-state index in [9.17, 15) is 9.90 Å². The molecule has 23 heavy (non-hydrogen) atoms. The molecule has 1 amide bonds. The van der Waals surface area contributed by atoms with Crippen molar-refractivity contribution in [1.82, 2.24) is 5.43 Å². The van der Waals surface area contributed by atoms with Crippen molar-refractivity contribution in [3.63, 3.8) is 0 Å². The lowest BCUT2D eigenvalue weighted by molar-refractivity contribution is 0.0955. The van der Waals surface area contributed by atoms with Crippen molar-refractivity contribution < 1.29 is 19.4 Å². The highest BCUT2D eigenvalue weighted by molar-refractivity contribution is 6.32. The summed E-state index contributed by atoms with van der Waals surface area (Å²) in [6.07, 6.45) is 1.40. The Balaban J connectivity index is 2.06. The summed E-state index contributed by atoms with van der Waals surface area (Å²) in [4.78, 5) is 11.9. The Bertz CT molecular complexity index is 730. The van der Waals surface area contributed by atoms with Gasteiger partial charge < -0.3 is 14.6 Å². The number of carbonyl (C=O) groups excluding carboxylic acids is 1. The van der Waals surface area contributed by atoms with Gasteiger partial charge >= 0.3 is 0 Å². The van der Waals surface area contributed by atoms with Crippen molar-refractivity contribution in [3.05, 3.63) is 52.5 Å². The molecule has 0 aliphatic heterocycles. The summed E-state index contributed by atoms with van der Waals surface area (Å²) in [5.74, 6) is 0.380. The van der Waals surface area contributed by atoms with Gasteiger partial charge in [-0.2, -0.15) is 5.10 Å². The molecule has 6 nitrogen and oxygen atoms in total. The van der Waals surface area contributed by atoms with Crippen LogP contribution in [0.15, 0.2) is 41.5 Å². The van der Waals surface area contributed by atoms with Gasteiger partial charge in [-0.05, 0) is 42.0 Å². The standard InChI is InChI=1S/C16H15ClN2O4/c1-22-12-5-3-11(4-6-12)16(21)19-18-9-10-7-13(17)15(20)14(8-10)23-2/h3-9,20H,1-2H3,(H,19,21)/b18-9+. The minimum atomic E-state index is -0.360. The van der Waals surface area contributed by atoms with E-state index in [0.717, 1.165) is 0 Å². The Morgan fingerprint density at radius 2 is 1.91 bits per heavy atom. The number of nitrogens with one attached hydrogen (secondary N) is 1. The molecule has 2 N–H and O–H groups in total. The number of phenolic OH excluding ortho intramolecular Hbond substituents is 1. The highest BCUT2D eigenvalue weighted by Gasteiger charge is 2.08. The maximum absolute atomic E-state index is 11.9. The van der Waals surface area contributed by atoms with Crippen molar-refractivity contribution >= 4 is 23.7 Å². The number of hydrogen-bond donors (Lipinski definition) is 2. The predicted molar refractivity (Wildman–Crippen MR) is 87.7 cm³/mol. The van der Waals surface area contributed by atoms with Gasteiger partial charge in [0.05, 0.1) is 25.5 Å². The third-order valence-electron chi connectivity index (χ3n) is 3.00. The van der Waals surface area contributed by atoms with E-state index in [0.29, 0.717) is 16.9 Å². The molecular weight excluding hydrogens is 320 g/mol. The maximum atomic E-state index is 11.9. The topological polar surface area (TPSA) is 80.2 Å². The quantitative estimate of drug-likeness (QED) is 0.651. The lowest BCUT2D eigenvalue weighted by atomic mass is 10.2. The molecule has 0 heterocycles. The van der Waals surface area contributed by atoms with Crippen LogP contribution in [0.4, 0.5) is 0 Å². The molecule has 0 saturated carbocycles. The fraction of sp³-hybridized carbons (Fsp3) is 0.125. The minimum absolute atomic E-state index is 0.132. The van der Waals surface area contributed by atoms with Gasteiger partial charge in [0.2, 0.25) is 0 Å². The molecule has 0 spiro atoms. The number of benzene rings is 2. The minimum Gasteiger partial charge on any atom is -0.503 e. The van der Waals surface area contributed by atoms with Gasteiger partial charge in [0.15, 0.2) is 11.5 Å². The van der Waals surface area contributed by atoms with Crippen LogP contribution in [0.5, 0.6) is 17.2 Å². The maximum Gasteiger partial charge on any atom is 0.271 e. The molecule has 0 bridgehead atoms. The number of hydrazone groups is 1. The van der Waals surface area contributed by atoms with E-state index in [1.54, 1.807) is 37.4 Å². The first-order chi connectivity index (χ1) is 11.0. The second-order valence-corrected chi connectivity index (χ2v) is 4.89. The molecule has 0 aromatic heterocycles. The molecule has 0 atom stereocenters. The van der Waals surface area contributed by atoms with Crippen LogP contribution in [0, 0.1) is 0 Å².